The van der Waals surface area contributed by atoms with Crippen LogP contribution in [0.15, 0.2) is 48.9 Å². The van der Waals surface area contributed by atoms with Gasteiger partial charge in [-0.25, -0.2) is 14.6 Å². The first-order valence-corrected chi connectivity index (χ1v) is 9.54. The third kappa shape index (κ3) is 4.05. The summed E-state index contributed by atoms with van der Waals surface area (Å²) < 4.78 is 12.9. The molecule has 0 spiro atoms. The number of nitrogens with zero attached hydrogens (tertiary/aromatic N) is 5. The second-order valence-electron chi connectivity index (χ2n) is 6.92. The van der Waals surface area contributed by atoms with Crippen LogP contribution in [0.2, 0.25) is 0 Å². The fourth-order valence-corrected chi connectivity index (χ4v) is 3.39. The van der Waals surface area contributed by atoms with Crippen molar-refractivity contribution < 1.29 is 9.47 Å². The van der Waals surface area contributed by atoms with E-state index in [-0.39, 0.29) is 6.10 Å². The molecule has 0 aliphatic carbocycles. The largest absolute Gasteiger partial charge is 0.385 e. The summed E-state index contributed by atoms with van der Waals surface area (Å²) in [5, 5.41) is 4.52. The summed E-state index contributed by atoms with van der Waals surface area (Å²) in [6, 6.07) is 10.1. The topological polar surface area (TPSA) is 65.3 Å². The van der Waals surface area contributed by atoms with E-state index in [0.717, 1.165) is 42.4 Å². The lowest BCUT2D eigenvalue weighted by atomic mass is 10.2. The monoisotopic (exact) mass is 379 g/mol. The Morgan fingerprint density at radius 2 is 2.14 bits per heavy atom. The van der Waals surface area contributed by atoms with Gasteiger partial charge in [0, 0.05) is 44.8 Å². The highest BCUT2D eigenvalue weighted by Crippen LogP contribution is 2.22. The van der Waals surface area contributed by atoms with Crippen molar-refractivity contribution in [2.75, 3.05) is 38.3 Å². The molecule has 1 aliphatic rings. The van der Waals surface area contributed by atoms with E-state index in [1.807, 2.05) is 41.5 Å². The van der Waals surface area contributed by atoms with E-state index in [4.69, 9.17) is 14.5 Å². The van der Waals surface area contributed by atoms with Crippen LogP contribution < -0.4 is 4.90 Å². The molecule has 0 N–H and O–H groups in total. The maximum absolute atomic E-state index is 5.82. The number of aromatic nitrogens is 4. The molecular weight excluding hydrogens is 354 g/mol. The Balaban J connectivity index is 1.54. The fraction of sp³-hybridized carbons (Fsp3) is 0.381. The lowest BCUT2D eigenvalue weighted by Gasteiger charge is -2.33. The van der Waals surface area contributed by atoms with Gasteiger partial charge in [-0.1, -0.05) is 18.2 Å². The van der Waals surface area contributed by atoms with Crippen LogP contribution in [0.25, 0.3) is 16.9 Å². The predicted molar refractivity (Wildman–Crippen MR) is 108 cm³/mol. The molecule has 3 aromatic rings. The second kappa shape index (κ2) is 8.50. The first-order chi connectivity index (χ1) is 13.7. The molecule has 0 bridgehead atoms. The second-order valence-corrected chi connectivity index (χ2v) is 6.92. The van der Waals surface area contributed by atoms with Crippen molar-refractivity contribution in [3.8, 4) is 16.9 Å². The molecule has 1 aromatic carbocycles. The number of hydrogen-bond acceptors (Lipinski definition) is 6. The first-order valence-electron chi connectivity index (χ1n) is 9.54. The van der Waals surface area contributed by atoms with Gasteiger partial charge >= 0.3 is 0 Å². The Labute approximate surface area is 164 Å². The van der Waals surface area contributed by atoms with E-state index in [2.05, 4.69) is 34.0 Å². The van der Waals surface area contributed by atoms with Gasteiger partial charge in [0.1, 0.15) is 0 Å². The summed E-state index contributed by atoms with van der Waals surface area (Å²) in [4.78, 5) is 11.4. The molecule has 1 aliphatic heterocycles. The van der Waals surface area contributed by atoms with Crippen molar-refractivity contribution >= 4 is 5.95 Å². The Kier molecular flexibility index (Phi) is 5.64. The number of benzene rings is 1. The summed E-state index contributed by atoms with van der Waals surface area (Å²) in [5.74, 6) is 0.729. The number of morpholine rings is 1. The van der Waals surface area contributed by atoms with Gasteiger partial charge in [-0.05, 0) is 31.0 Å². The van der Waals surface area contributed by atoms with E-state index in [9.17, 15) is 0 Å². The average molecular weight is 379 g/mol. The van der Waals surface area contributed by atoms with Crippen LogP contribution in [0.5, 0.6) is 0 Å². The zero-order chi connectivity index (χ0) is 19.3. The van der Waals surface area contributed by atoms with Gasteiger partial charge < -0.3 is 14.4 Å². The molecule has 0 unspecified atom stereocenters. The van der Waals surface area contributed by atoms with E-state index < -0.39 is 0 Å². The molecule has 7 heteroatoms. The van der Waals surface area contributed by atoms with Crippen molar-refractivity contribution in [2.24, 2.45) is 0 Å². The van der Waals surface area contributed by atoms with Crippen molar-refractivity contribution in [3.63, 3.8) is 0 Å². The fourth-order valence-electron chi connectivity index (χ4n) is 3.39. The number of anilines is 1. The normalized spacial score (nSPS) is 17.1. The van der Waals surface area contributed by atoms with E-state index in [0.29, 0.717) is 13.2 Å². The van der Waals surface area contributed by atoms with E-state index >= 15 is 0 Å². The smallest absolute Gasteiger partial charge is 0.226 e. The number of para-hydroxylation sites is 1. The zero-order valence-corrected chi connectivity index (χ0v) is 16.3. The zero-order valence-electron chi connectivity index (χ0n) is 16.3. The lowest BCUT2D eigenvalue weighted by molar-refractivity contribution is 0.0187. The van der Waals surface area contributed by atoms with Gasteiger partial charge in [-0.3, -0.25) is 0 Å². The van der Waals surface area contributed by atoms with Gasteiger partial charge in [-0.2, -0.15) is 5.10 Å². The predicted octanol–water partition coefficient (Wildman–Crippen LogP) is 2.88. The highest BCUT2D eigenvalue weighted by Gasteiger charge is 2.22. The Bertz CT molecular complexity index is 926. The molecular formula is C21H25N5O2. The van der Waals surface area contributed by atoms with Gasteiger partial charge in [0.15, 0.2) is 0 Å². The summed E-state index contributed by atoms with van der Waals surface area (Å²) in [5.41, 5.74) is 4.08. The summed E-state index contributed by atoms with van der Waals surface area (Å²) in [7, 11) is 1.71. The Morgan fingerprint density at radius 3 is 3.00 bits per heavy atom. The molecule has 1 atom stereocenters. The Morgan fingerprint density at radius 1 is 1.25 bits per heavy atom. The minimum absolute atomic E-state index is 0.143. The summed E-state index contributed by atoms with van der Waals surface area (Å²) in [6.07, 6.45) is 6.68. The lowest BCUT2D eigenvalue weighted by Crippen LogP contribution is -2.43. The SMILES string of the molecule is COCC[C@H]1CN(c2nccc(-c3cnn(-c4ccccc4C)c3)n2)CCO1. The standard InChI is InChI=1S/C21H25N5O2/c1-16-5-3-4-6-20(16)26-14-17(13-23-26)19-7-9-22-21(24-19)25-10-12-28-18(15-25)8-11-27-2/h3-7,9,13-14,18H,8,10-12,15H2,1-2H3/t18-/m0/s1. The van der Waals surface area contributed by atoms with Crippen molar-refractivity contribution in [1.29, 1.82) is 0 Å². The third-order valence-corrected chi connectivity index (χ3v) is 4.95. The van der Waals surface area contributed by atoms with Crippen molar-refractivity contribution in [2.45, 2.75) is 19.4 Å². The maximum atomic E-state index is 5.82. The van der Waals surface area contributed by atoms with Crippen molar-refractivity contribution in [1.82, 2.24) is 19.7 Å². The molecule has 3 heterocycles. The third-order valence-electron chi connectivity index (χ3n) is 4.95. The molecule has 4 rings (SSSR count). The minimum atomic E-state index is 0.143. The number of hydrogen-bond donors (Lipinski definition) is 0. The average Bonchev–Trinajstić information content (AvgIpc) is 3.23. The molecule has 1 fully saturated rings. The van der Waals surface area contributed by atoms with Crippen LogP contribution in [-0.2, 0) is 9.47 Å². The molecule has 146 valence electrons. The van der Waals surface area contributed by atoms with E-state index in [1.165, 1.54) is 5.56 Å². The van der Waals surface area contributed by atoms with Gasteiger partial charge in [0.2, 0.25) is 5.95 Å². The molecule has 28 heavy (non-hydrogen) atoms. The maximum Gasteiger partial charge on any atom is 0.226 e. The summed E-state index contributed by atoms with van der Waals surface area (Å²) in [6.45, 7) is 5.01. The quantitative estimate of drug-likeness (QED) is 0.656. The molecule has 0 radical (unpaired) electrons. The van der Waals surface area contributed by atoms with Crippen LogP contribution in [0.4, 0.5) is 5.95 Å². The van der Waals surface area contributed by atoms with Crippen LogP contribution in [0.3, 0.4) is 0 Å². The van der Waals surface area contributed by atoms with Gasteiger partial charge in [0.05, 0.1) is 30.3 Å². The van der Waals surface area contributed by atoms with Crippen molar-refractivity contribution in [3.05, 3.63) is 54.5 Å². The molecule has 2 aromatic heterocycles. The number of rotatable bonds is 6. The number of methoxy groups -OCH3 is 1. The molecule has 7 nitrogen and oxygen atoms in total. The van der Waals surface area contributed by atoms with Gasteiger partial charge in [0.25, 0.3) is 0 Å². The number of ether oxygens (including phenoxy) is 2. The van der Waals surface area contributed by atoms with Crippen LogP contribution in [0, 0.1) is 6.92 Å². The van der Waals surface area contributed by atoms with Crippen LogP contribution in [-0.4, -0.2) is 59.3 Å². The van der Waals surface area contributed by atoms with Gasteiger partial charge in [-0.15, -0.1) is 0 Å². The highest BCUT2D eigenvalue weighted by molar-refractivity contribution is 5.59. The molecule has 0 saturated carbocycles. The molecule has 0 amide bonds. The van der Waals surface area contributed by atoms with Crippen LogP contribution in [0.1, 0.15) is 12.0 Å². The molecule has 1 saturated heterocycles. The summed E-state index contributed by atoms with van der Waals surface area (Å²) >= 11 is 0. The first kappa shape index (κ1) is 18.6. The minimum Gasteiger partial charge on any atom is -0.385 e. The van der Waals surface area contributed by atoms with E-state index in [1.54, 1.807) is 7.11 Å². The van der Waals surface area contributed by atoms with Crippen LogP contribution >= 0.6 is 0 Å². The number of aryl methyl sites for hydroxylation is 1. The highest BCUT2D eigenvalue weighted by atomic mass is 16.5. The Hall–Kier alpha value is -2.77.